The number of anilines is 1. The van der Waals surface area contributed by atoms with Crippen molar-refractivity contribution in [2.75, 3.05) is 26.1 Å². The fourth-order valence-corrected chi connectivity index (χ4v) is 2.55. The van der Waals surface area contributed by atoms with E-state index in [1.807, 2.05) is 13.0 Å². The minimum absolute atomic E-state index is 0.165. The van der Waals surface area contributed by atoms with Crippen molar-refractivity contribution in [1.82, 2.24) is 15.2 Å². The zero-order chi connectivity index (χ0) is 19.9. The Morgan fingerprint density at radius 1 is 1.11 bits per heavy atom. The summed E-state index contributed by atoms with van der Waals surface area (Å²) >= 11 is 0. The number of rotatable bonds is 8. The summed E-state index contributed by atoms with van der Waals surface area (Å²) in [5.74, 6) is 2.20. The Morgan fingerprint density at radius 3 is 2.71 bits per heavy atom. The van der Waals surface area contributed by atoms with Crippen LogP contribution in [0.3, 0.4) is 0 Å². The topological polar surface area (TPSA) is 98.4 Å². The molecule has 1 aromatic heterocycles. The highest BCUT2D eigenvalue weighted by Crippen LogP contribution is 2.31. The van der Waals surface area contributed by atoms with Crippen molar-refractivity contribution in [3.8, 4) is 28.6 Å². The molecule has 0 aliphatic heterocycles. The van der Waals surface area contributed by atoms with Gasteiger partial charge in [-0.2, -0.15) is 4.98 Å². The van der Waals surface area contributed by atoms with Crippen LogP contribution >= 0.6 is 0 Å². The fourth-order valence-electron chi connectivity index (χ4n) is 2.55. The largest absolute Gasteiger partial charge is 0.497 e. The Balaban J connectivity index is 1.75. The van der Waals surface area contributed by atoms with E-state index in [1.165, 1.54) is 0 Å². The van der Waals surface area contributed by atoms with Crippen molar-refractivity contribution in [3.63, 3.8) is 0 Å². The highest BCUT2D eigenvalue weighted by atomic mass is 16.5. The third-order valence-corrected chi connectivity index (χ3v) is 3.94. The molecule has 146 valence electrons. The first-order valence-corrected chi connectivity index (χ1v) is 8.83. The van der Waals surface area contributed by atoms with Gasteiger partial charge >= 0.3 is 0 Å². The standard InChI is InChI=1S/C20H22N4O4/c1-4-10-28-15-7-5-6-13(11-15)19(25)22-20-21-18(23-24-20)16-9-8-14(26-2)12-17(16)27-3/h5-9,11-12H,4,10H2,1-3H3,(H2,21,22,23,24,25). The highest BCUT2D eigenvalue weighted by Gasteiger charge is 2.14. The molecular weight excluding hydrogens is 360 g/mol. The van der Waals surface area contributed by atoms with E-state index in [0.717, 1.165) is 6.42 Å². The van der Waals surface area contributed by atoms with Gasteiger partial charge in [0, 0.05) is 11.6 Å². The Labute approximate surface area is 162 Å². The van der Waals surface area contributed by atoms with E-state index in [0.29, 0.717) is 40.8 Å². The normalized spacial score (nSPS) is 10.4. The number of H-pyrrole nitrogens is 1. The van der Waals surface area contributed by atoms with E-state index in [-0.39, 0.29) is 11.9 Å². The molecular formula is C20H22N4O4. The molecule has 0 aliphatic rings. The SMILES string of the molecule is CCCOc1cccc(C(=O)Nc2n[nH]c(-c3ccc(OC)cc3OC)n2)c1. The van der Waals surface area contributed by atoms with Gasteiger partial charge in [0.25, 0.3) is 5.91 Å². The first-order valence-electron chi connectivity index (χ1n) is 8.83. The van der Waals surface area contributed by atoms with E-state index >= 15 is 0 Å². The summed E-state index contributed by atoms with van der Waals surface area (Å²) in [6.07, 6.45) is 0.894. The number of hydrogen-bond donors (Lipinski definition) is 2. The van der Waals surface area contributed by atoms with Gasteiger partial charge in [0.1, 0.15) is 17.2 Å². The van der Waals surface area contributed by atoms with Gasteiger partial charge in [0.15, 0.2) is 5.82 Å². The van der Waals surface area contributed by atoms with Gasteiger partial charge in [-0.3, -0.25) is 15.2 Å². The van der Waals surface area contributed by atoms with Crippen molar-refractivity contribution >= 4 is 11.9 Å². The molecule has 8 nitrogen and oxygen atoms in total. The predicted octanol–water partition coefficient (Wildman–Crippen LogP) is 3.53. The van der Waals surface area contributed by atoms with Crippen molar-refractivity contribution in [2.45, 2.75) is 13.3 Å². The molecule has 0 fully saturated rings. The Bertz CT molecular complexity index is 955. The lowest BCUT2D eigenvalue weighted by molar-refractivity contribution is 0.102. The van der Waals surface area contributed by atoms with E-state index in [2.05, 4.69) is 20.5 Å². The zero-order valence-electron chi connectivity index (χ0n) is 16.0. The molecule has 0 unspecified atom stereocenters. The number of benzene rings is 2. The second-order valence-electron chi connectivity index (χ2n) is 5.90. The summed E-state index contributed by atoms with van der Waals surface area (Å²) in [4.78, 5) is 16.8. The van der Waals surface area contributed by atoms with E-state index < -0.39 is 0 Å². The van der Waals surface area contributed by atoms with E-state index in [1.54, 1.807) is 50.6 Å². The van der Waals surface area contributed by atoms with Gasteiger partial charge < -0.3 is 14.2 Å². The lowest BCUT2D eigenvalue weighted by atomic mass is 10.2. The average Bonchev–Trinajstić information content (AvgIpc) is 3.20. The number of aromatic amines is 1. The maximum absolute atomic E-state index is 12.5. The Kier molecular flexibility index (Phi) is 6.11. The van der Waals surface area contributed by atoms with Gasteiger partial charge in [0.2, 0.25) is 5.95 Å². The van der Waals surface area contributed by atoms with Crippen LogP contribution in [0.15, 0.2) is 42.5 Å². The second kappa shape index (κ2) is 8.90. The number of carbonyl (C=O) groups excluding carboxylic acids is 1. The smallest absolute Gasteiger partial charge is 0.258 e. The minimum Gasteiger partial charge on any atom is -0.497 e. The molecule has 0 saturated carbocycles. The van der Waals surface area contributed by atoms with Crippen LogP contribution in [-0.4, -0.2) is 41.9 Å². The van der Waals surface area contributed by atoms with Crippen LogP contribution in [0.25, 0.3) is 11.4 Å². The maximum atomic E-state index is 12.5. The highest BCUT2D eigenvalue weighted by molar-refractivity contribution is 6.03. The average molecular weight is 382 g/mol. The molecule has 0 saturated heterocycles. The first kappa shape index (κ1) is 19.2. The van der Waals surface area contributed by atoms with Crippen molar-refractivity contribution in [3.05, 3.63) is 48.0 Å². The third kappa shape index (κ3) is 4.40. The van der Waals surface area contributed by atoms with Crippen LogP contribution < -0.4 is 19.5 Å². The molecule has 3 rings (SSSR count). The molecule has 0 radical (unpaired) electrons. The number of aromatic nitrogens is 3. The van der Waals surface area contributed by atoms with Gasteiger partial charge in [-0.1, -0.05) is 13.0 Å². The molecule has 8 heteroatoms. The van der Waals surface area contributed by atoms with Gasteiger partial charge in [-0.25, -0.2) is 0 Å². The van der Waals surface area contributed by atoms with Crippen molar-refractivity contribution in [2.24, 2.45) is 0 Å². The summed E-state index contributed by atoms with van der Waals surface area (Å²) < 4.78 is 16.1. The summed E-state index contributed by atoms with van der Waals surface area (Å²) in [6.45, 7) is 2.62. The molecule has 1 amide bonds. The van der Waals surface area contributed by atoms with Gasteiger partial charge in [0.05, 0.1) is 26.4 Å². The van der Waals surface area contributed by atoms with Crippen LogP contribution in [0.1, 0.15) is 23.7 Å². The summed E-state index contributed by atoms with van der Waals surface area (Å²) in [7, 11) is 3.14. The first-order chi connectivity index (χ1) is 13.6. The fraction of sp³-hybridized carbons (Fsp3) is 0.250. The summed E-state index contributed by atoms with van der Waals surface area (Å²) in [6, 6.07) is 12.3. The zero-order valence-corrected chi connectivity index (χ0v) is 16.0. The van der Waals surface area contributed by atoms with Crippen LogP contribution in [0.5, 0.6) is 17.2 Å². The van der Waals surface area contributed by atoms with E-state index in [9.17, 15) is 4.79 Å². The number of methoxy groups -OCH3 is 2. The molecule has 1 heterocycles. The van der Waals surface area contributed by atoms with Crippen LogP contribution in [0.4, 0.5) is 5.95 Å². The Morgan fingerprint density at radius 2 is 1.96 bits per heavy atom. The molecule has 0 aliphatic carbocycles. The number of nitrogens with one attached hydrogen (secondary N) is 2. The maximum Gasteiger partial charge on any atom is 0.258 e. The molecule has 0 atom stereocenters. The second-order valence-corrected chi connectivity index (χ2v) is 5.90. The number of hydrogen-bond acceptors (Lipinski definition) is 6. The van der Waals surface area contributed by atoms with Crippen molar-refractivity contribution < 1.29 is 19.0 Å². The summed E-state index contributed by atoms with van der Waals surface area (Å²) in [5, 5.41) is 9.55. The van der Waals surface area contributed by atoms with Crippen LogP contribution in [-0.2, 0) is 0 Å². The number of carbonyl (C=O) groups is 1. The van der Waals surface area contributed by atoms with Gasteiger partial charge in [-0.05, 0) is 36.8 Å². The van der Waals surface area contributed by atoms with Crippen LogP contribution in [0, 0.1) is 0 Å². The predicted molar refractivity (Wildman–Crippen MR) is 105 cm³/mol. The number of nitrogens with zero attached hydrogens (tertiary/aromatic N) is 2. The number of ether oxygens (including phenoxy) is 3. The molecule has 0 bridgehead atoms. The Hall–Kier alpha value is -3.55. The van der Waals surface area contributed by atoms with E-state index in [4.69, 9.17) is 14.2 Å². The molecule has 0 spiro atoms. The molecule has 28 heavy (non-hydrogen) atoms. The quantitative estimate of drug-likeness (QED) is 0.618. The third-order valence-electron chi connectivity index (χ3n) is 3.94. The minimum atomic E-state index is -0.325. The lowest BCUT2D eigenvalue weighted by Crippen LogP contribution is -2.13. The van der Waals surface area contributed by atoms with Crippen molar-refractivity contribution in [1.29, 1.82) is 0 Å². The molecule has 3 aromatic rings. The van der Waals surface area contributed by atoms with Gasteiger partial charge in [-0.15, -0.1) is 5.10 Å². The number of amides is 1. The monoisotopic (exact) mass is 382 g/mol. The lowest BCUT2D eigenvalue weighted by Gasteiger charge is -2.08. The summed E-state index contributed by atoms with van der Waals surface area (Å²) in [5.41, 5.74) is 1.16. The molecule has 2 N–H and O–H groups in total. The van der Waals surface area contributed by atoms with Crippen LogP contribution in [0.2, 0.25) is 0 Å². The molecule has 2 aromatic carbocycles.